The van der Waals surface area contributed by atoms with Crippen LogP contribution >= 0.6 is 0 Å². The van der Waals surface area contributed by atoms with E-state index in [0.29, 0.717) is 5.75 Å². The molecule has 0 radical (unpaired) electrons. The summed E-state index contributed by atoms with van der Waals surface area (Å²) in [5, 5.41) is 0.962. The van der Waals surface area contributed by atoms with Crippen LogP contribution in [0.1, 0.15) is 5.56 Å². The van der Waals surface area contributed by atoms with Crippen molar-refractivity contribution < 1.29 is 4.43 Å². The van der Waals surface area contributed by atoms with Crippen molar-refractivity contribution >= 4 is 13.5 Å². The largest absolute Gasteiger partial charge is 0.519 e. The Morgan fingerprint density at radius 2 is 1.47 bits per heavy atom. The van der Waals surface area contributed by atoms with E-state index in [4.69, 9.17) is 17.3 Å². The van der Waals surface area contributed by atoms with Gasteiger partial charge in [0.05, 0.1) is 0 Å². The van der Waals surface area contributed by atoms with Gasteiger partial charge >= 0.3 is 8.32 Å². The van der Waals surface area contributed by atoms with E-state index in [2.05, 4.69) is 11.1 Å². The zero-order valence-corrected chi connectivity index (χ0v) is 11.8. The first-order valence-electron chi connectivity index (χ1n) is 5.97. The SMILES string of the molecule is C#C[Si](C#C)(Oc1ccccc1)c1ccccc1C. The molecule has 0 saturated carbocycles. The van der Waals surface area contributed by atoms with Crippen molar-refractivity contribution in [1.82, 2.24) is 0 Å². The predicted octanol–water partition coefficient (Wildman–Crippen LogP) is 2.57. The lowest BCUT2D eigenvalue weighted by atomic mass is 10.2. The van der Waals surface area contributed by atoms with Crippen LogP contribution in [0.25, 0.3) is 0 Å². The first-order valence-corrected chi connectivity index (χ1v) is 7.88. The van der Waals surface area contributed by atoms with Crippen molar-refractivity contribution in [1.29, 1.82) is 0 Å². The number of hydrogen-bond acceptors (Lipinski definition) is 1. The molecule has 0 spiro atoms. The van der Waals surface area contributed by atoms with Crippen LogP contribution in [0.5, 0.6) is 5.75 Å². The van der Waals surface area contributed by atoms with Gasteiger partial charge in [-0.1, -0.05) is 53.6 Å². The fraction of sp³-hybridized carbons (Fsp3) is 0.0588. The van der Waals surface area contributed by atoms with Crippen molar-refractivity contribution in [2.24, 2.45) is 0 Å². The van der Waals surface area contributed by atoms with Gasteiger partial charge in [-0.3, -0.25) is 0 Å². The molecule has 0 aliphatic carbocycles. The lowest BCUT2D eigenvalue weighted by Gasteiger charge is -2.23. The van der Waals surface area contributed by atoms with E-state index in [9.17, 15) is 0 Å². The number of aryl methyl sites for hydroxylation is 1. The molecule has 2 aromatic carbocycles. The van der Waals surface area contributed by atoms with Crippen LogP contribution in [-0.4, -0.2) is 8.32 Å². The smallest absolute Gasteiger partial charge is 0.445 e. The van der Waals surface area contributed by atoms with E-state index in [-0.39, 0.29) is 0 Å². The lowest BCUT2D eigenvalue weighted by molar-refractivity contribution is 0.579. The monoisotopic (exact) mass is 262 g/mol. The molecule has 0 amide bonds. The van der Waals surface area contributed by atoms with E-state index in [1.165, 1.54) is 0 Å². The molecule has 0 heterocycles. The van der Waals surface area contributed by atoms with E-state index in [1.807, 2.05) is 61.5 Å². The lowest BCUT2D eigenvalue weighted by Crippen LogP contribution is -2.53. The van der Waals surface area contributed by atoms with Crippen LogP contribution in [0, 0.1) is 30.9 Å². The van der Waals surface area contributed by atoms with Gasteiger partial charge in [0.1, 0.15) is 5.75 Å². The van der Waals surface area contributed by atoms with Crippen molar-refractivity contribution in [2.45, 2.75) is 6.92 Å². The molecule has 0 aromatic heterocycles. The summed E-state index contributed by atoms with van der Waals surface area (Å²) in [6.07, 6.45) is 11.4. The molecule has 0 saturated heterocycles. The number of rotatable bonds is 3. The minimum atomic E-state index is -2.85. The fourth-order valence-electron chi connectivity index (χ4n) is 1.94. The molecule has 0 aliphatic rings. The van der Waals surface area contributed by atoms with Crippen molar-refractivity contribution in [2.75, 3.05) is 0 Å². The molecule has 1 nitrogen and oxygen atoms in total. The molecular formula is C17H14OSi. The van der Waals surface area contributed by atoms with Crippen LogP contribution in [0.15, 0.2) is 54.6 Å². The van der Waals surface area contributed by atoms with Gasteiger partial charge in [-0.05, 0) is 24.6 Å². The Kier molecular flexibility index (Phi) is 3.75. The topological polar surface area (TPSA) is 9.23 Å². The van der Waals surface area contributed by atoms with Crippen LogP contribution in [0.4, 0.5) is 0 Å². The molecule has 0 atom stereocenters. The summed E-state index contributed by atoms with van der Waals surface area (Å²) in [5.41, 5.74) is 6.57. The van der Waals surface area contributed by atoms with Gasteiger partial charge in [0, 0.05) is 5.19 Å². The van der Waals surface area contributed by atoms with E-state index in [0.717, 1.165) is 10.8 Å². The van der Waals surface area contributed by atoms with Gasteiger partial charge < -0.3 is 4.43 Å². The second-order valence-electron chi connectivity index (χ2n) is 4.20. The molecule has 2 heteroatoms. The Hall–Kier alpha value is -2.42. The Bertz CT molecular complexity index is 633. The zero-order chi connectivity index (χ0) is 13.7. The van der Waals surface area contributed by atoms with E-state index >= 15 is 0 Å². The highest BCUT2D eigenvalue weighted by Crippen LogP contribution is 2.15. The zero-order valence-electron chi connectivity index (χ0n) is 10.8. The third kappa shape index (κ3) is 2.55. The highest BCUT2D eigenvalue weighted by Gasteiger charge is 2.37. The average Bonchev–Trinajstić information content (AvgIpc) is 2.47. The first kappa shape index (κ1) is 13.0. The Morgan fingerprint density at radius 3 is 2.05 bits per heavy atom. The molecule has 19 heavy (non-hydrogen) atoms. The summed E-state index contributed by atoms with van der Waals surface area (Å²) in [6, 6.07) is 17.3. The Morgan fingerprint density at radius 1 is 0.895 bits per heavy atom. The predicted molar refractivity (Wildman–Crippen MR) is 81.3 cm³/mol. The summed E-state index contributed by atoms with van der Waals surface area (Å²) in [5.74, 6) is 0.716. The molecular weight excluding hydrogens is 248 g/mol. The van der Waals surface area contributed by atoms with Crippen LogP contribution in [0.2, 0.25) is 0 Å². The minimum absolute atomic E-state index is 0.716. The molecule has 92 valence electrons. The number of terminal acetylenes is 2. The molecule has 0 N–H and O–H groups in total. The first-order chi connectivity index (χ1) is 9.22. The third-order valence-corrected chi connectivity index (χ3v) is 5.62. The third-order valence-electron chi connectivity index (χ3n) is 2.95. The Balaban J connectivity index is 2.49. The fourth-order valence-corrected chi connectivity index (χ4v) is 4.03. The van der Waals surface area contributed by atoms with Gasteiger partial charge in [-0.25, -0.2) is 0 Å². The van der Waals surface area contributed by atoms with E-state index < -0.39 is 8.32 Å². The maximum Gasteiger partial charge on any atom is 0.445 e. The molecule has 0 unspecified atom stereocenters. The van der Waals surface area contributed by atoms with E-state index in [1.54, 1.807) is 0 Å². The molecule has 0 bridgehead atoms. The van der Waals surface area contributed by atoms with Gasteiger partial charge in [0.15, 0.2) is 0 Å². The molecule has 0 aliphatic heterocycles. The quantitative estimate of drug-likeness (QED) is 0.610. The summed E-state index contributed by atoms with van der Waals surface area (Å²) in [4.78, 5) is 0. The summed E-state index contributed by atoms with van der Waals surface area (Å²) in [6.45, 7) is 2.00. The number of hydrogen-bond donors (Lipinski definition) is 0. The summed E-state index contributed by atoms with van der Waals surface area (Å²) >= 11 is 0. The molecule has 0 fully saturated rings. The maximum atomic E-state index is 6.03. The summed E-state index contributed by atoms with van der Waals surface area (Å²) < 4.78 is 6.03. The van der Waals surface area contributed by atoms with Crippen molar-refractivity contribution in [3.05, 3.63) is 60.2 Å². The van der Waals surface area contributed by atoms with Crippen molar-refractivity contribution in [3.8, 4) is 29.7 Å². The van der Waals surface area contributed by atoms with Crippen molar-refractivity contribution in [3.63, 3.8) is 0 Å². The Labute approximate surface area is 115 Å². The summed E-state index contributed by atoms with van der Waals surface area (Å²) in [7, 11) is -2.85. The highest BCUT2D eigenvalue weighted by molar-refractivity contribution is 7.00. The van der Waals surface area contributed by atoms with Gasteiger partial charge in [0.25, 0.3) is 0 Å². The van der Waals surface area contributed by atoms with Gasteiger partial charge in [0.2, 0.25) is 0 Å². The number of benzene rings is 2. The minimum Gasteiger partial charge on any atom is -0.519 e. The second kappa shape index (κ2) is 5.48. The van der Waals surface area contributed by atoms with Gasteiger partial charge in [-0.15, -0.1) is 12.8 Å². The molecule has 2 aromatic rings. The van der Waals surface area contributed by atoms with Crippen LogP contribution in [0.3, 0.4) is 0 Å². The normalized spacial score (nSPS) is 10.3. The number of para-hydroxylation sites is 1. The molecule has 2 rings (SSSR count). The second-order valence-corrected chi connectivity index (χ2v) is 6.88. The van der Waals surface area contributed by atoms with Crippen LogP contribution in [-0.2, 0) is 0 Å². The van der Waals surface area contributed by atoms with Gasteiger partial charge in [-0.2, -0.15) is 0 Å². The standard InChI is InChI=1S/C17H14OSi/c1-4-19(5-2,17-14-10-9-11-15(17)3)18-16-12-7-6-8-13-16/h1-2,6-14H,3H3. The average molecular weight is 262 g/mol. The maximum absolute atomic E-state index is 6.03. The van der Waals surface area contributed by atoms with Crippen LogP contribution < -0.4 is 9.61 Å². The highest BCUT2D eigenvalue weighted by atomic mass is 28.4.